The van der Waals surface area contributed by atoms with Crippen molar-refractivity contribution >= 4 is 44.2 Å². The zero-order chi connectivity index (χ0) is 21.3. The molecule has 2 aromatic carbocycles. The van der Waals surface area contributed by atoms with Crippen molar-refractivity contribution in [1.29, 1.82) is 0 Å². The van der Waals surface area contributed by atoms with Gasteiger partial charge in [0.25, 0.3) is 0 Å². The molecular formula is C23H22N2O4S. The number of ether oxygens (including phenoxy) is 1. The predicted octanol–water partition coefficient (Wildman–Crippen LogP) is 5.21. The van der Waals surface area contributed by atoms with Gasteiger partial charge < -0.3 is 14.5 Å². The molecule has 0 atom stereocenters. The summed E-state index contributed by atoms with van der Waals surface area (Å²) in [5, 5.41) is 4.62. The third-order valence-corrected chi connectivity index (χ3v) is 5.41. The first-order chi connectivity index (χ1) is 14.3. The van der Waals surface area contributed by atoms with Gasteiger partial charge in [-0.3, -0.25) is 4.79 Å². The van der Waals surface area contributed by atoms with Crippen LogP contribution < -0.4 is 10.9 Å². The number of nitrogens with zero attached hydrogens (tertiary/aromatic N) is 1. The number of rotatable bonds is 5. The summed E-state index contributed by atoms with van der Waals surface area (Å²) in [4.78, 5) is 28.9. The molecule has 0 saturated carbocycles. The Morgan fingerprint density at radius 3 is 2.73 bits per heavy atom. The van der Waals surface area contributed by atoms with Crippen LogP contribution in [0.1, 0.15) is 27.2 Å². The Bertz CT molecular complexity index is 1250. The van der Waals surface area contributed by atoms with Crippen molar-refractivity contribution in [3.63, 3.8) is 0 Å². The van der Waals surface area contributed by atoms with E-state index in [1.165, 1.54) is 11.3 Å². The molecule has 0 saturated heterocycles. The number of aromatic nitrogens is 1. The van der Waals surface area contributed by atoms with Crippen LogP contribution in [0.15, 0.2) is 57.7 Å². The number of hydrogen-bond acceptors (Lipinski definition) is 7. The summed E-state index contributed by atoms with van der Waals surface area (Å²) in [5.41, 5.74) is 1.64. The molecule has 0 amide bonds. The average Bonchev–Trinajstić information content (AvgIpc) is 3.10. The molecule has 0 aliphatic carbocycles. The van der Waals surface area contributed by atoms with Crippen molar-refractivity contribution in [3.8, 4) is 10.6 Å². The number of hydrogen-bond donors (Lipinski definition) is 1. The average molecular weight is 423 g/mol. The minimum atomic E-state index is -0.496. The third-order valence-electron chi connectivity index (χ3n) is 4.34. The smallest absolute Gasteiger partial charge is 0.346 e. The van der Waals surface area contributed by atoms with E-state index >= 15 is 0 Å². The van der Waals surface area contributed by atoms with E-state index in [-0.39, 0.29) is 12.4 Å². The first-order valence-corrected chi connectivity index (χ1v) is 10.5. The molecule has 0 aliphatic heterocycles. The summed E-state index contributed by atoms with van der Waals surface area (Å²) in [6.07, 6.45) is 0.246. The van der Waals surface area contributed by atoms with E-state index in [1.807, 2.05) is 63.2 Å². The van der Waals surface area contributed by atoms with Crippen molar-refractivity contribution in [2.45, 2.75) is 32.8 Å². The highest BCUT2D eigenvalue weighted by atomic mass is 32.1. The minimum absolute atomic E-state index is 0.246. The van der Waals surface area contributed by atoms with Crippen molar-refractivity contribution < 1.29 is 13.9 Å². The zero-order valence-electron chi connectivity index (χ0n) is 17.0. The number of esters is 1. The molecule has 0 bridgehead atoms. The van der Waals surface area contributed by atoms with E-state index in [0.29, 0.717) is 22.7 Å². The maximum absolute atomic E-state index is 12.6. The van der Waals surface area contributed by atoms with Gasteiger partial charge in [-0.2, -0.15) is 0 Å². The highest BCUT2D eigenvalue weighted by Gasteiger charge is 2.16. The standard InChI is InChI=1S/C23H22N2O4S/c1-23(2,3)29-20(26)10-11-24-15-9-8-14-12-16(22(27)28-18(14)13-15)21-25-17-6-4-5-7-19(17)30-21/h4-9,12-13,24H,10-11H2,1-3H3. The monoisotopic (exact) mass is 422 g/mol. The molecular weight excluding hydrogens is 400 g/mol. The molecule has 2 aromatic heterocycles. The van der Waals surface area contributed by atoms with Gasteiger partial charge in [0, 0.05) is 23.7 Å². The van der Waals surface area contributed by atoms with Gasteiger partial charge in [-0.15, -0.1) is 11.3 Å². The van der Waals surface area contributed by atoms with Crippen LogP contribution in [0.2, 0.25) is 0 Å². The Balaban J connectivity index is 1.52. The number of carbonyl (C=O) groups is 1. The normalized spacial score (nSPS) is 11.7. The number of para-hydroxylation sites is 1. The number of fused-ring (bicyclic) bond motifs is 2. The van der Waals surface area contributed by atoms with Gasteiger partial charge in [0.2, 0.25) is 0 Å². The van der Waals surface area contributed by atoms with E-state index in [1.54, 1.807) is 6.07 Å². The highest BCUT2D eigenvalue weighted by molar-refractivity contribution is 7.21. The number of anilines is 1. The van der Waals surface area contributed by atoms with Crippen LogP contribution in [0, 0.1) is 0 Å². The van der Waals surface area contributed by atoms with Crippen LogP contribution in [0.25, 0.3) is 31.8 Å². The summed E-state index contributed by atoms with van der Waals surface area (Å²) >= 11 is 1.47. The van der Waals surface area contributed by atoms with Crippen molar-refractivity contribution in [2.24, 2.45) is 0 Å². The van der Waals surface area contributed by atoms with Crippen molar-refractivity contribution in [3.05, 3.63) is 59.0 Å². The largest absolute Gasteiger partial charge is 0.460 e. The van der Waals surface area contributed by atoms with Crippen LogP contribution in [-0.2, 0) is 9.53 Å². The second-order valence-corrected chi connectivity index (χ2v) is 8.98. The van der Waals surface area contributed by atoms with Crippen LogP contribution in [-0.4, -0.2) is 23.1 Å². The molecule has 0 radical (unpaired) electrons. The van der Waals surface area contributed by atoms with Gasteiger partial charge in [-0.05, 0) is 51.1 Å². The molecule has 0 unspecified atom stereocenters. The molecule has 6 nitrogen and oxygen atoms in total. The Morgan fingerprint density at radius 2 is 1.97 bits per heavy atom. The van der Waals surface area contributed by atoms with Gasteiger partial charge >= 0.3 is 11.6 Å². The Labute approximate surface area is 177 Å². The van der Waals surface area contributed by atoms with E-state index in [4.69, 9.17) is 9.15 Å². The van der Waals surface area contributed by atoms with Gasteiger partial charge in [0.05, 0.1) is 22.2 Å². The van der Waals surface area contributed by atoms with Crippen LogP contribution >= 0.6 is 11.3 Å². The summed E-state index contributed by atoms with van der Waals surface area (Å²) < 4.78 is 11.9. The number of carbonyl (C=O) groups excluding carboxylic acids is 1. The van der Waals surface area contributed by atoms with E-state index < -0.39 is 11.2 Å². The summed E-state index contributed by atoms with van der Waals surface area (Å²) in [7, 11) is 0. The van der Waals surface area contributed by atoms with E-state index in [9.17, 15) is 9.59 Å². The molecule has 0 spiro atoms. The Morgan fingerprint density at radius 1 is 1.17 bits per heavy atom. The topological polar surface area (TPSA) is 81.4 Å². The molecule has 4 rings (SSSR count). The lowest BCUT2D eigenvalue weighted by molar-refractivity contribution is -0.154. The van der Waals surface area contributed by atoms with Gasteiger partial charge in [0.1, 0.15) is 16.2 Å². The molecule has 0 aliphatic rings. The first kappa shape index (κ1) is 20.1. The van der Waals surface area contributed by atoms with Crippen LogP contribution in [0.3, 0.4) is 0 Å². The fraction of sp³-hybridized carbons (Fsp3) is 0.261. The molecule has 2 heterocycles. The lowest BCUT2D eigenvalue weighted by atomic mass is 10.1. The Kier molecular flexibility index (Phi) is 5.30. The van der Waals surface area contributed by atoms with Crippen LogP contribution in [0.5, 0.6) is 0 Å². The maximum atomic E-state index is 12.6. The quantitative estimate of drug-likeness (QED) is 0.351. The summed E-state index contributed by atoms with van der Waals surface area (Å²) in [6, 6.07) is 15.1. The van der Waals surface area contributed by atoms with E-state index in [0.717, 1.165) is 21.3 Å². The lowest BCUT2D eigenvalue weighted by Gasteiger charge is -2.19. The zero-order valence-corrected chi connectivity index (χ0v) is 17.8. The van der Waals surface area contributed by atoms with Gasteiger partial charge in [-0.1, -0.05) is 12.1 Å². The molecule has 1 N–H and O–H groups in total. The fourth-order valence-electron chi connectivity index (χ4n) is 3.06. The SMILES string of the molecule is CC(C)(C)OC(=O)CCNc1ccc2cc(-c3nc4ccccc4s3)c(=O)oc2c1. The molecule has 4 aromatic rings. The summed E-state index contributed by atoms with van der Waals surface area (Å²) in [6.45, 7) is 5.94. The number of nitrogens with one attached hydrogen (secondary N) is 1. The van der Waals surface area contributed by atoms with Crippen molar-refractivity contribution in [1.82, 2.24) is 4.98 Å². The maximum Gasteiger partial charge on any atom is 0.346 e. The van der Waals surface area contributed by atoms with Gasteiger partial charge in [-0.25, -0.2) is 9.78 Å². The number of thiazole rings is 1. The second kappa shape index (κ2) is 7.91. The lowest BCUT2D eigenvalue weighted by Crippen LogP contribution is -2.25. The molecule has 154 valence electrons. The summed E-state index contributed by atoms with van der Waals surface area (Å²) in [5.74, 6) is -0.261. The van der Waals surface area contributed by atoms with Crippen molar-refractivity contribution in [2.75, 3.05) is 11.9 Å². The van der Waals surface area contributed by atoms with Crippen LogP contribution in [0.4, 0.5) is 5.69 Å². The van der Waals surface area contributed by atoms with E-state index in [2.05, 4.69) is 10.3 Å². The molecule has 30 heavy (non-hydrogen) atoms. The predicted molar refractivity (Wildman–Crippen MR) is 120 cm³/mol. The Hall–Kier alpha value is -3.19. The molecule has 0 fully saturated rings. The second-order valence-electron chi connectivity index (χ2n) is 7.95. The first-order valence-electron chi connectivity index (χ1n) is 9.68. The highest BCUT2D eigenvalue weighted by Crippen LogP contribution is 2.30. The van der Waals surface area contributed by atoms with Gasteiger partial charge in [0.15, 0.2) is 0 Å². The molecule has 7 heteroatoms. The minimum Gasteiger partial charge on any atom is -0.460 e. The third kappa shape index (κ3) is 4.52. The number of benzene rings is 2. The fourth-order valence-corrected chi connectivity index (χ4v) is 4.03.